The Hall–Kier alpha value is -0.120. The number of nitrogens with one attached hydrogen (secondary N) is 1. The summed E-state index contributed by atoms with van der Waals surface area (Å²) in [6, 6.07) is 0.534. The van der Waals surface area contributed by atoms with Crippen LogP contribution in [-0.2, 0) is 4.74 Å². The highest BCUT2D eigenvalue weighted by Crippen LogP contribution is 2.37. The topological polar surface area (TPSA) is 41.5 Å². The lowest BCUT2D eigenvalue weighted by atomic mass is 9.78. The van der Waals surface area contributed by atoms with E-state index >= 15 is 0 Å². The third kappa shape index (κ3) is 1.37. The summed E-state index contributed by atoms with van der Waals surface area (Å²) in [6.45, 7) is 3.06. The fraction of sp³-hybridized carbons (Fsp3) is 1.00. The summed E-state index contributed by atoms with van der Waals surface area (Å²) in [6.07, 6.45) is 2.82. The highest BCUT2D eigenvalue weighted by Gasteiger charge is 2.45. The summed E-state index contributed by atoms with van der Waals surface area (Å²) in [4.78, 5) is 0. The molecule has 2 N–H and O–H groups in total. The molecular weight excluding hydrogens is 154 g/mol. The molecule has 1 saturated heterocycles. The average molecular weight is 171 g/mol. The molecule has 12 heavy (non-hydrogen) atoms. The number of aliphatic hydroxyl groups is 1. The van der Waals surface area contributed by atoms with Crippen LogP contribution in [0.3, 0.4) is 0 Å². The van der Waals surface area contributed by atoms with Crippen molar-refractivity contribution in [3.63, 3.8) is 0 Å². The third-order valence-corrected chi connectivity index (χ3v) is 3.02. The van der Waals surface area contributed by atoms with Crippen LogP contribution >= 0.6 is 0 Å². The summed E-state index contributed by atoms with van der Waals surface area (Å²) in [5.41, 5.74) is 0. The second-order valence-electron chi connectivity index (χ2n) is 3.80. The van der Waals surface area contributed by atoms with Crippen LogP contribution in [0.25, 0.3) is 0 Å². The van der Waals surface area contributed by atoms with Crippen molar-refractivity contribution in [3.05, 3.63) is 0 Å². The van der Waals surface area contributed by atoms with Crippen molar-refractivity contribution in [2.45, 2.75) is 44.6 Å². The van der Waals surface area contributed by atoms with Gasteiger partial charge in [0.15, 0.2) is 6.29 Å². The largest absolute Gasteiger partial charge is 0.368 e. The monoisotopic (exact) mass is 171 g/mol. The second-order valence-corrected chi connectivity index (χ2v) is 3.80. The molecular formula is C9H17NO2. The van der Waals surface area contributed by atoms with Gasteiger partial charge in [0, 0.05) is 6.04 Å². The van der Waals surface area contributed by atoms with Gasteiger partial charge in [-0.1, -0.05) is 6.92 Å². The molecule has 0 aromatic heterocycles. The number of fused-ring (bicyclic) bond motifs is 1. The van der Waals surface area contributed by atoms with Crippen molar-refractivity contribution in [1.29, 1.82) is 0 Å². The quantitative estimate of drug-likeness (QED) is 0.607. The Morgan fingerprint density at radius 2 is 2.50 bits per heavy atom. The van der Waals surface area contributed by atoms with E-state index in [2.05, 4.69) is 5.32 Å². The van der Waals surface area contributed by atoms with Crippen LogP contribution in [0.2, 0.25) is 0 Å². The predicted octanol–water partition coefficient (Wildman–Crippen LogP) is 0.482. The predicted molar refractivity (Wildman–Crippen MR) is 45.7 cm³/mol. The maximum absolute atomic E-state index is 9.26. The Labute approximate surface area is 73.1 Å². The van der Waals surface area contributed by atoms with Crippen molar-refractivity contribution < 1.29 is 9.84 Å². The lowest BCUT2D eigenvalue weighted by Gasteiger charge is -2.40. The molecule has 0 amide bonds. The minimum absolute atomic E-state index is 0.271. The molecule has 0 aromatic carbocycles. The van der Waals surface area contributed by atoms with E-state index < -0.39 is 6.29 Å². The molecule has 1 aliphatic heterocycles. The van der Waals surface area contributed by atoms with Crippen molar-refractivity contribution in [2.24, 2.45) is 5.92 Å². The van der Waals surface area contributed by atoms with E-state index in [-0.39, 0.29) is 6.10 Å². The standard InChI is InChI=1S/C9H17NO2/c1-2-8(11)12-7-5-6-3-4-10-9(6)7/h6-11H,2-5H2,1H3. The van der Waals surface area contributed by atoms with E-state index in [9.17, 15) is 5.11 Å². The van der Waals surface area contributed by atoms with E-state index in [0.29, 0.717) is 12.5 Å². The fourth-order valence-electron chi connectivity index (χ4n) is 2.17. The third-order valence-electron chi connectivity index (χ3n) is 3.02. The molecule has 0 spiro atoms. The first kappa shape index (κ1) is 8.48. The molecule has 3 heteroatoms. The Balaban J connectivity index is 1.77. The minimum atomic E-state index is -0.557. The lowest BCUT2D eigenvalue weighted by molar-refractivity contribution is -0.175. The van der Waals surface area contributed by atoms with Gasteiger partial charge in [0.25, 0.3) is 0 Å². The van der Waals surface area contributed by atoms with Crippen LogP contribution < -0.4 is 5.32 Å². The van der Waals surface area contributed by atoms with Gasteiger partial charge < -0.3 is 15.2 Å². The SMILES string of the molecule is CCC(O)OC1CC2CCNC21. The van der Waals surface area contributed by atoms with Gasteiger partial charge in [-0.15, -0.1) is 0 Å². The number of hydrogen-bond acceptors (Lipinski definition) is 3. The van der Waals surface area contributed by atoms with E-state index in [4.69, 9.17) is 4.74 Å². The molecule has 1 aliphatic carbocycles. The molecule has 4 unspecified atom stereocenters. The van der Waals surface area contributed by atoms with Gasteiger partial charge in [0.1, 0.15) is 0 Å². The van der Waals surface area contributed by atoms with E-state index in [1.807, 2.05) is 6.92 Å². The smallest absolute Gasteiger partial charge is 0.154 e. The Kier molecular flexibility index (Phi) is 2.35. The summed E-state index contributed by atoms with van der Waals surface area (Å²) >= 11 is 0. The van der Waals surface area contributed by atoms with Crippen molar-refractivity contribution in [3.8, 4) is 0 Å². The molecule has 2 fully saturated rings. The van der Waals surface area contributed by atoms with Crippen LogP contribution in [0.15, 0.2) is 0 Å². The average Bonchev–Trinajstić information content (AvgIpc) is 2.42. The van der Waals surface area contributed by atoms with Crippen molar-refractivity contribution in [1.82, 2.24) is 5.32 Å². The molecule has 4 atom stereocenters. The van der Waals surface area contributed by atoms with Crippen LogP contribution in [0.4, 0.5) is 0 Å². The van der Waals surface area contributed by atoms with E-state index in [1.165, 1.54) is 6.42 Å². The maximum atomic E-state index is 9.26. The summed E-state index contributed by atoms with van der Waals surface area (Å²) in [5, 5.41) is 12.7. The maximum Gasteiger partial charge on any atom is 0.154 e. The molecule has 2 rings (SSSR count). The van der Waals surface area contributed by atoms with Gasteiger partial charge in [0.05, 0.1) is 6.10 Å². The first-order valence-electron chi connectivity index (χ1n) is 4.88. The highest BCUT2D eigenvalue weighted by molar-refractivity contribution is 5.00. The van der Waals surface area contributed by atoms with Gasteiger partial charge in [-0.25, -0.2) is 0 Å². The zero-order valence-electron chi connectivity index (χ0n) is 7.49. The molecule has 70 valence electrons. The first-order chi connectivity index (χ1) is 5.81. The molecule has 0 radical (unpaired) electrons. The van der Waals surface area contributed by atoms with Crippen LogP contribution in [0, 0.1) is 5.92 Å². The normalized spacial score (nSPS) is 42.0. The van der Waals surface area contributed by atoms with Crippen LogP contribution in [0.1, 0.15) is 26.2 Å². The molecule has 1 saturated carbocycles. The van der Waals surface area contributed by atoms with Crippen molar-refractivity contribution in [2.75, 3.05) is 6.54 Å². The highest BCUT2D eigenvalue weighted by atomic mass is 16.6. The van der Waals surface area contributed by atoms with Crippen LogP contribution in [0.5, 0.6) is 0 Å². The molecule has 3 nitrogen and oxygen atoms in total. The number of hydrogen-bond donors (Lipinski definition) is 2. The molecule has 2 aliphatic rings. The van der Waals surface area contributed by atoms with Gasteiger partial charge >= 0.3 is 0 Å². The minimum Gasteiger partial charge on any atom is -0.368 e. The van der Waals surface area contributed by atoms with Crippen molar-refractivity contribution >= 4 is 0 Å². The van der Waals surface area contributed by atoms with E-state index in [1.54, 1.807) is 0 Å². The fourth-order valence-corrected chi connectivity index (χ4v) is 2.17. The van der Waals surface area contributed by atoms with Gasteiger partial charge in [-0.2, -0.15) is 0 Å². The molecule has 0 aromatic rings. The Morgan fingerprint density at radius 1 is 1.67 bits per heavy atom. The van der Waals surface area contributed by atoms with Gasteiger partial charge in [-0.3, -0.25) is 0 Å². The molecule has 1 heterocycles. The van der Waals surface area contributed by atoms with E-state index in [0.717, 1.165) is 18.9 Å². The summed E-state index contributed by atoms with van der Waals surface area (Å²) in [7, 11) is 0. The summed E-state index contributed by atoms with van der Waals surface area (Å²) < 4.78 is 5.44. The number of rotatable bonds is 3. The zero-order valence-corrected chi connectivity index (χ0v) is 7.49. The molecule has 0 bridgehead atoms. The van der Waals surface area contributed by atoms with Crippen LogP contribution in [-0.4, -0.2) is 30.1 Å². The lowest BCUT2D eigenvalue weighted by Crippen LogP contribution is -2.52. The Morgan fingerprint density at radius 3 is 3.17 bits per heavy atom. The summed E-state index contributed by atoms with van der Waals surface area (Å²) in [5.74, 6) is 0.819. The number of aliphatic hydroxyl groups excluding tert-OH is 1. The second kappa shape index (κ2) is 3.32. The zero-order chi connectivity index (χ0) is 8.55. The first-order valence-corrected chi connectivity index (χ1v) is 4.88. The number of ether oxygens (including phenoxy) is 1. The Bertz CT molecular complexity index is 163. The van der Waals surface area contributed by atoms with Gasteiger partial charge in [0.2, 0.25) is 0 Å². The van der Waals surface area contributed by atoms with Gasteiger partial charge in [-0.05, 0) is 31.7 Å².